The fourth-order valence-corrected chi connectivity index (χ4v) is 1.65. The van der Waals surface area contributed by atoms with Gasteiger partial charge in [-0.05, 0) is 42.7 Å². The Morgan fingerprint density at radius 2 is 1.62 bits per heavy atom. The Kier molecular flexibility index (Phi) is 3.25. The average Bonchev–Trinajstić information content (AvgIpc) is 2.32. The Bertz CT molecular complexity index is 460. The molecule has 0 amide bonds. The highest BCUT2D eigenvalue weighted by Crippen LogP contribution is 2.16. The first kappa shape index (κ1) is 10.7. The molecule has 0 unspecified atom stereocenters. The molecular formula is C15H16O. The number of benzene rings is 2. The highest BCUT2D eigenvalue weighted by molar-refractivity contribution is 5.33. The summed E-state index contributed by atoms with van der Waals surface area (Å²) in [5.74, 6) is 0.920. The van der Waals surface area contributed by atoms with Crippen LogP contribution in [0.25, 0.3) is 0 Å². The Hall–Kier alpha value is -1.76. The molecule has 0 aliphatic carbocycles. The van der Waals surface area contributed by atoms with Crippen LogP contribution in [-0.2, 0) is 6.61 Å². The van der Waals surface area contributed by atoms with Crippen molar-refractivity contribution >= 4 is 0 Å². The molecule has 0 spiro atoms. The zero-order chi connectivity index (χ0) is 11.4. The summed E-state index contributed by atoms with van der Waals surface area (Å²) < 4.78 is 5.73. The van der Waals surface area contributed by atoms with Crippen LogP contribution < -0.4 is 4.74 Å². The van der Waals surface area contributed by atoms with E-state index in [1.807, 2.05) is 30.3 Å². The second-order valence-corrected chi connectivity index (χ2v) is 3.96. The van der Waals surface area contributed by atoms with Gasteiger partial charge >= 0.3 is 0 Å². The summed E-state index contributed by atoms with van der Waals surface area (Å²) in [6.45, 7) is 4.90. The van der Waals surface area contributed by atoms with Gasteiger partial charge in [-0.15, -0.1) is 0 Å². The smallest absolute Gasteiger partial charge is 0.119 e. The van der Waals surface area contributed by atoms with Gasteiger partial charge in [0.1, 0.15) is 12.4 Å². The number of aryl methyl sites for hydroxylation is 1. The fourth-order valence-electron chi connectivity index (χ4n) is 1.65. The predicted molar refractivity (Wildman–Crippen MR) is 66.7 cm³/mol. The molecule has 0 aliphatic rings. The van der Waals surface area contributed by atoms with E-state index in [9.17, 15) is 0 Å². The first-order valence-electron chi connectivity index (χ1n) is 5.50. The summed E-state index contributed by atoms with van der Waals surface area (Å²) >= 11 is 0. The fraction of sp³-hybridized carbons (Fsp3) is 0.200. The van der Waals surface area contributed by atoms with Crippen LogP contribution in [0.3, 0.4) is 0 Å². The van der Waals surface area contributed by atoms with Crippen LogP contribution in [0, 0.1) is 13.8 Å². The van der Waals surface area contributed by atoms with E-state index in [2.05, 4.69) is 32.0 Å². The molecule has 0 aliphatic heterocycles. The van der Waals surface area contributed by atoms with Crippen molar-refractivity contribution in [3.8, 4) is 5.75 Å². The summed E-state index contributed by atoms with van der Waals surface area (Å²) in [4.78, 5) is 0. The maximum atomic E-state index is 5.73. The van der Waals surface area contributed by atoms with Gasteiger partial charge in [0.15, 0.2) is 0 Å². The Morgan fingerprint density at radius 3 is 2.38 bits per heavy atom. The Morgan fingerprint density at radius 1 is 0.875 bits per heavy atom. The van der Waals surface area contributed by atoms with Gasteiger partial charge in [0.2, 0.25) is 0 Å². The summed E-state index contributed by atoms with van der Waals surface area (Å²) in [5, 5.41) is 0. The lowest BCUT2D eigenvalue weighted by molar-refractivity contribution is 0.305. The molecule has 0 heterocycles. The minimum atomic E-state index is 0.636. The van der Waals surface area contributed by atoms with Crippen molar-refractivity contribution in [3.63, 3.8) is 0 Å². The second kappa shape index (κ2) is 4.84. The van der Waals surface area contributed by atoms with E-state index >= 15 is 0 Å². The van der Waals surface area contributed by atoms with E-state index in [1.54, 1.807) is 0 Å². The topological polar surface area (TPSA) is 9.23 Å². The van der Waals surface area contributed by atoms with Gasteiger partial charge in [0.25, 0.3) is 0 Å². The van der Waals surface area contributed by atoms with Crippen LogP contribution in [0.1, 0.15) is 16.7 Å². The van der Waals surface area contributed by atoms with E-state index in [-0.39, 0.29) is 0 Å². The molecule has 0 saturated carbocycles. The van der Waals surface area contributed by atoms with E-state index < -0.39 is 0 Å². The largest absolute Gasteiger partial charge is 0.489 e. The van der Waals surface area contributed by atoms with Crippen LogP contribution in [0.15, 0.2) is 48.5 Å². The van der Waals surface area contributed by atoms with Crippen molar-refractivity contribution in [3.05, 3.63) is 65.2 Å². The van der Waals surface area contributed by atoms with Crippen LogP contribution in [-0.4, -0.2) is 0 Å². The van der Waals surface area contributed by atoms with Gasteiger partial charge in [-0.1, -0.05) is 36.4 Å². The van der Waals surface area contributed by atoms with Crippen molar-refractivity contribution in [2.75, 3.05) is 0 Å². The maximum absolute atomic E-state index is 5.73. The maximum Gasteiger partial charge on any atom is 0.119 e. The van der Waals surface area contributed by atoms with Crippen LogP contribution in [0.2, 0.25) is 0 Å². The molecule has 1 heteroatoms. The average molecular weight is 212 g/mol. The molecule has 0 bridgehead atoms. The first-order valence-corrected chi connectivity index (χ1v) is 5.50. The summed E-state index contributed by atoms with van der Waals surface area (Å²) in [6, 6.07) is 16.2. The van der Waals surface area contributed by atoms with Gasteiger partial charge in [-0.2, -0.15) is 0 Å². The molecule has 82 valence electrons. The first-order chi connectivity index (χ1) is 7.77. The minimum absolute atomic E-state index is 0.636. The molecule has 1 nitrogen and oxygen atoms in total. The standard InChI is InChI=1S/C15H16O/c1-12-7-6-8-14(13(12)2)11-16-15-9-4-3-5-10-15/h3-10H,11H2,1-2H3. The van der Waals surface area contributed by atoms with Crippen molar-refractivity contribution in [2.24, 2.45) is 0 Å². The molecule has 2 aromatic rings. The Labute approximate surface area is 96.7 Å². The molecular weight excluding hydrogens is 196 g/mol. The van der Waals surface area contributed by atoms with Gasteiger partial charge in [0.05, 0.1) is 0 Å². The molecule has 0 radical (unpaired) electrons. The van der Waals surface area contributed by atoms with Gasteiger partial charge in [0, 0.05) is 0 Å². The second-order valence-electron chi connectivity index (χ2n) is 3.96. The molecule has 0 fully saturated rings. The lowest BCUT2D eigenvalue weighted by atomic mass is 10.0. The normalized spacial score (nSPS) is 10.1. The predicted octanol–water partition coefficient (Wildman–Crippen LogP) is 3.88. The van der Waals surface area contributed by atoms with E-state index in [1.165, 1.54) is 16.7 Å². The molecule has 0 N–H and O–H groups in total. The monoisotopic (exact) mass is 212 g/mol. The molecule has 0 aromatic heterocycles. The summed E-state index contributed by atoms with van der Waals surface area (Å²) in [6.07, 6.45) is 0. The number of hydrogen-bond acceptors (Lipinski definition) is 1. The lowest BCUT2D eigenvalue weighted by Crippen LogP contribution is -1.98. The van der Waals surface area contributed by atoms with Crippen LogP contribution in [0.5, 0.6) is 5.75 Å². The van der Waals surface area contributed by atoms with E-state index in [0.29, 0.717) is 6.61 Å². The third-order valence-corrected chi connectivity index (χ3v) is 2.85. The summed E-state index contributed by atoms with van der Waals surface area (Å²) in [7, 11) is 0. The quantitative estimate of drug-likeness (QED) is 0.750. The number of para-hydroxylation sites is 1. The minimum Gasteiger partial charge on any atom is -0.489 e. The molecule has 0 saturated heterocycles. The molecule has 0 atom stereocenters. The molecule has 2 rings (SSSR count). The van der Waals surface area contributed by atoms with Gasteiger partial charge in [-0.3, -0.25) is 0 Å². The SMILES string of the molecule is Cc1cccc(COc2ccccc2)c1C. The number of hydrogen-bond donors (Lipinski definition) is 0. The third-order valence-electron chi connectivity index (χ3n) is 2.85. The highest BCUT2D eigenvalue weighted by atomic mass is 16.5. The summed E-state index contributed by atoms with van der Waals surface area (Å²) in [5.41, 5.74) is 3.89. The highest BCUT2D eigenvalue weighted by Gasteiger charge is 2.01. The Balaban J connectivity index is 2.08. The lowest BCUT2D eigenvalue weighted by Gasteiger charge is -2.10. The van der Waals surface area contributed by atoms with Crippen molar-refractivity contribution in [1.82, 2.24) is 0 Å². The van der Waals surface area contributed by atoms with E-state index in [4.69, 9.17) is 4.74 Å². The third kappa shape index (κ3) is 2.43. The van der Waals surface area contributed by atoms with Crippen molar-refractivity contribution < 1.29 is 4.74 Å². The van der Waals surface area contributed by atoms with Gasteiger partial charge < -0.3 is 4.74 Å². The number of ether oxygens (including phenoxy) is 1. The number of rotatable bonds is 3. The molecule has 16 heavy (non-hydrogen) atoms. The zero-order valence-electron chi connectivity index (χ0n) is 9.73. The van der Waals surface area contributed by atoms with Crippen LogP contribution in [0.4, 0.5) is 0 Å². The van der Waals surface area contributed by atoms with Crippen molar-refractivity contribution in [2.45, 2.75) is 20.5 Å². The van der Waals surface area contributed by atoms with Gasteiger partial charge in [-0.25, -0.2) is 0 Å². The van der Waals surface area contributed by atoms with Crippen LogP contribution >= 0.6 is 0 Å². The molecule has 2 aromatic carbocycles. The zero-order valence-corrected chi connectivity index (χ0v) is 9.73. The van der Waals surface area contributed by atoms with Crippen molar-refractivity contribution in [1.29, 1.82) is 0 Å². The van der Waals surface area contributed by atoms with E-state index in [0.717, 1.165) is 5.75 Å².